The molecule has 2 heterocycles. The van der Waals surface area contributed by atoms with Gasteiger partial charge in [0, 0.05) is 25.1 Å². The Morgan fingerprint density at radius 3 is 2.59 bits per heavy atom. The Morgan fingerprint density at radius 2 is 1.93 bits per heavy atom. The number of unbranched alkanes of at least 4 members (excludes halogenated alkanes) is 1. The molecule has 1 aliphatic rings. The van der Waals surface area contributed by atoms with Crippen LogP contribution in [0.4, 0.5) is 0 Å². The van der Waals surface area contributed by atoms with Gasteiger partial charge in [-0.05, 0) is 48.9 Å². The highest BCUT2D eigenvalue weighted by Gasteiger charge is 2.25. The molecular weight excluding hydrogens is 342 g/mol. The van der Waals surface area contributed by atoms with Crippen molar-refractivity contribution in [1.29, 1.82) is 0 Å². The molecule has 6 heteroatoms. The van der Waals surface area contributed by atoms with E-state index in [1.54, 1.807) is 0 Å². The first-order valence-electron chi connectivity index (χ1n) is 9.88. The molecule has 146 valence electrons. The minimum atomic E-state index is 0.0520. The van der Waals surface area contributed by atoms with Gasteiger partial charge in [0.2, 0.25) is 11.7 Å². The molecule has 3 rings (SSSR count). The lowest BCUT2D eigenvalue weighted by atomic mass is 9.92. The number of hydrogen-bond donors (Lipinski definition) is 0. The fourth-order valence-corrected chi connectivity index (χ4v) is 3.60. The lowest BCUT2D eigenvalue weighted by molar-refractivity contribution is -0.136. The van der Waals surface area contributed by atoms with Crippen molar-refractivity contribution in [2.75, 3.05) is 19.7 Å². The third-order valence-corrected chi connectivity index (χ3v) is 4.91. The standard InChI is InChI=1S/C21H29N3O3/c1-4-5-6-19-22-21(23-27-19)17-7-9-18(10-8-17)26-14-20(25)24-12-15(2)11-16(3)13-24/h7-10,15-16H,4-6,11-14H2,1-3H3. The number of ether oxygens (including phenoxy) is 1. The zero-order valence-electron chi connectivity index (χ0n) is 16.5. The van der Waals surface area contributed by atoms with Gasteiger partial charge >= 0.3 is 0 Å². The number of benzene rings is 1. The highest BCUT2D eigenvalue weighted by Crippen LogP contribution is 2.22. The lowest BCUT2D eigenvalue weighted by Gasteiger charge is -2.34. The molecule has 0 aliphatic carbocycles. The zero-order valence-corrected chi connectivity index (χ0v) is 16.5. The van der Waals surface area contributed by atoms with Gasteiger partial charge in [-0.3, -0.25) is 4.79 Å². The number of carbonyl (C=O) groups is 1. The molecule has 0 bridgehead atoms. The third-order valence-electron chi connectivity index (χ3n) is 4.91. The number of rotatable bonds is 7. The van der Waals surface area contributed by atoms with Crippen molar-refractivity contribution in [2.24, 2.45) is 11.8 Å². The summed E-state index contributed by atoms with van der Waals surface area (Å²) in [4.78, 5) is 18.7. The molecule has 2 atom stereocenters. The van der Waals surface area contributed by atoms with Crippen LogP contribution in [0, 0.1) is 11.8 Å². The van der Waals surface area contributed by atoms with Gasteiger partial charge in [0.1, 0.15) is 5.75 Å². The fourth-order valence-electron chi connectivity index (χ4n) is 3.60. The second kappa shape index (κ2) is 9.02. The summed E-state index contributed by atoms with van der Waals surface area (Å²) >= 11 is 0. The Hall–Kier alpha value is -2.37. The Kier molecular flexibility index (Phi) is 6.48. The van der Waals surface area contributed by atoms with Crippen molar-refractivity contribution >= 4 is 5.91 Å². The second-order valence-corrected chi connectivity index (χ2v) is 7.67. The van der Waals surface area contributed by atoms with E-state index in [2.05, 4.69) is 30.9 Å². The predicted octanol–water partition coefficient (Wildman–Crippen LogP) is 3.96. The van der Waals surface area contributed by atoms with Crippen LogP contribution in [-0.4, -0.2) is 40.6 Å². The number of aryl methyl sites for hydroxylation is 1. The van der Waals surface area contributed by atoms with Crippen molar-refractivity contribution < 1.29 is 14.1 Å². The Labute approximate surface area is 160 Å². The van der Waals surface area contributed by atoms with E-state index in [0.29, 0.717) is 29.3 Å². The third kappa shape index (κ3) is 5.31. The van der Waals surface area contributed by atoms with E-state index < -0.39 is 0 Å². The first-order valence-corrected chi connectivity index (χ1v) is 9.88. The number of piperidine rings is 1. The van der Waals surface area contributed by atoms with Crippen LogP contribution in [0.2, 0.25) is 0 Å². The monoisotopic (exact) mass is 371 g/mol. The Morgan fingerprint density at radius 1 is 1.22 bits per heavy atom. The van der Waals surface area contributed by atoms with Crippen molar-refractivity contribution in [3.05, 3.63) is 30.2 Å². The van der Waals surface area contributed by atoms with Gasteiger partial charge in [-0.1, -0.05) is 32.3 Å². The van der Waals surface area contributed by atoms with Crippen LogP contribution in [0.3, 0.4) is 0 Å². The van der Waals surface area contributed by atoms with Crippen LogP contribution in [0.25, 0.3) is 11.4 Å². The Bertz CT molecular complexity index is 731. The lowest BCUT2D eigenvalue weighted by Crippen LogP contribution is -2.44. The van der Waals surface area contributed by atoms with Crippen LogP contribution in [-0.2, 0) is 11.2 Å². The average Bonchev–Trinajstić information content (AvgIpc) is 3.13. The molecular formula is C21H29N3O3. The van der Waals surface area contributed by atoms with Gasteiger partial charge in [-0.25, -0.2) is 0 Å². The average molecular weight is 371 g/mol. The van der Waals surface area contributed by atoms with Crippen molar-refractivity contribution in [3.63, 3.8) is 0 Å². The van der Waals surface area contributed by atoms with E-state index in [4.69, 9.17) is 9.26 Å². The molecule has 2 aromatic rings. The molecule has 1 amide bonds. The maximum Gasteiger partial charge on any atom is 0.260 e. The van der Waals surface area contributed by atoms with Crippen molar-refractivity contribution in [3.8, 4) is 17.1 Å². The number of carbonyl (C=O) groups excluding carboxylic acids is 1. The molecule has 27 heavy (non-hydrogen) atoms. The molecule has 1 saturated heterocycles. The summed E-state index contributed by atoms with van der Waals surface area (Å²) in [6, 6.07) is 7.46. The van der Waals surface area contributed by atoms with Gasteiger partial charge in [0.15, 0.2) is 6.61 Å². The summed E-state index contributed by atoms with van der Waals surface area (Å²) < 4.78 is 11.0. The minimum Gasteiger partial charge on any atom is -0.484 e. The first kappa shape index (κ1) is 19.4. The first-order chi connectivity index (χ1) is 13.0. The second-order valence-electron chi connectivity index (χ2n) is 7.67. The van der Waals surface area contributed by atoms with Gasteiger partial charge in [-0.2, -0.15) is 4.98 Å². The molecule has 6 nitrogen and oxygen atoms in total. The summed E-state index contributed by atoms with van der Waals surface area (Å²) in [6.07, 6.45) is 4.12. The summed E-state index contributed by atoms with van der Waals surface area (Å²) in [7, 11) is 0. The highest BCUT2D eigenvalue weighted by atomic mass is 16.5. The van der Waals surface area contributed by atoms with Gasteiger partial charge in [0.05, 0.1) is 0 Å². The number of aromatic nitrogens is 2. The quantitative estimate of drug-likeness (QED) is 0.737. The summed E-state index contributed by atoms with van der Waals surface area (Å²) in [5.74, 6) is 3.07. The largest absolute Gasteiger partial charge is 0.484 e. The van der Waals surface area contributed by atoms with Crippen LogP contribution >= 0.6 is 0 Å². The topological polar surface area (TPSA) is 68.5 Å². The van der Waals surface area contributed by atoms with Crippen LogP contribution in [0.1, 0.15) is 45.9 Å². The molecule has 1 aliphatic heterocycles. The zero-order chi connectivity index (χ0) is 19.2. The number of likely N-dealkylation sites (tertiary alicyclic amines) is 1. The molecule has 0 N–H and O–H groups in total. The SMILES string of the molecule is CCCCc1nc(-c2ccc(OCC(=O)N3CC(C)CC(C)C3)cc2)no1. The van der Waals surface area contributed by atoms with E-state index in [1.165, 1.54) is 6.42 Å². The van der Waals surface area contributed by atoms with Crippen LogP contribution in [0.15, 0.2) is 28.8 Å². The maximum absolute atomic E-state index is 12.4. The highest BCUT2D eigenvalue weighted by molar-refractivity contribution is 5.78. The predicted molar refractivity (Wildman–Crippen MR) is 103 cm³/mol. The van der Waals surface area contributed by atoms with E-state index in [1.807, 2.05) is 29.2 Å². The normalized spacial score (nSPS) is 19.9. The van der Waals surface area contributed by atoms with E-state index >= 15 is 0 Å². The smallest absolute Gasteiger partial charge is 0.260 e. The fraction of sp³-hybridized carbons (Fsp3) is 0.571. The van der Waals surface area contributed by atoms with Crippen molar-refractivity contribution in [1.82, 2.24) is 15.0 Å². The van der Waals surface area contributed by atoms with Crippen LogP contribution in [0.5, 0.6) is 5.75 Å². The molecule has 1 aromatic carbocycles. The number of nitrogens with zero attached hydrogens (tertiary/aromatic N) is 3. The van der Waals surface area contributed by atoms with Crippen LogP contribution < -0.4 is 4.74 Å². The summed E-state index contributed by atoms with van der Waals surface area (Å²) in [5, 5.41) is 4.03. The van der Waals surface area contributed by atoms with Gasteiger partial charge < -0.3 is 14.2 Å². The molecule has 1 fully saturated rings. The number of amides is 1. The minimum absolute atomic E-state index is 0.0520. The molecule has 0 saturated carbocycles. The van der Waals surface area contributed by atoms with Gasteiger partial charge in [0.25, 0.3) is 5.91 Å². The molecule has 1 aromatic heterocycles. The van der Waals surface area contributed by atoms with E-state index in [0.717, 1.165) is 37.9 Å². The summed E-state index contributed by atoms with van der Waals surface area (Å²) in [6.45, 7) is 8.24. The molecule has 0 radical (unpaired) electrons. The van der Waals surface area contributed by atoms with Crippen molar-refractivity contribution in [2.45, 2.75) is 46.5 Å². The summed E-state index contributed by atoms with van der Waals surface area (Å²) in [5.41, 5.74) is 0.874. The molecule has 2 unspecified atom stereocenters. The van der Waals surface area contributed by atoms with E-state index in [-0.39, 0.29) is 12.5 Å². The Balaban J connectivity index is 1.53. The molecule has 0 spiro atoms. The van der Waals surface area contributed by atoms with E-state index in [9.17, 15) is 4.79 Å². The number of hydrogen-bond acceptors (Lipinski definition) is 5. The van der Waals surface area contributed by atoms with Gasteiger partial charge in [-0.15, -0.1) is 0 Å². The maximum atomic E-state index is 12.4.